The molecule has 2 aromatic carbocycles. The molecule has 174 valence electrons. The van der Waals surface area contributed by atoms with Crippen molar-refractivity contribution in [2.24, 2.45) is 5.92 Å². The minimum atomic E-state index is -0.991. The number of rotatable bonds is 9. The van der Waals surface area contributed by atoms with Gasteiger partial charge in [0, 0.05) is 6.54 Å². The molecule has 7 heteroatoms. The van der Waals surface area contributed by atoms with Crippen LogP contribution in [0.3, 0.4) is 0 Å². The van der Waals surface area contributed by atoms with E-state index >= 15 is 0 Å². The van der Waals surface area contributed by atoms with Crippen molar-refractivity contribution >= 4 is 28.9 Å². The normalized spacial score (nSPS) is 17.8. The van der Waals surface area contributed by atoms with Crippen molar-refractivity contribution < 1.29 is 19.1 Å². The Balaban J connectivity index is 1.89. The van der Waals surface area contributed by atoms with Crippen LogP contribution in [0.5, 0.6) is 5.75 Å². The zero-order chi connectivity index (χ0) is 23.4. The lowest BCUT2D eigenvalue weighted by Crippen LogP contribution is -2.50. The second-order valence-electron chi connectivity index (χ2n) is 8.14. The molecule has 0 saturated carbocycles. The van der Waals surface area contributed by atoms with Gasteiger partial charge in [-0.05, 0) is 50.1 Å². The fourth-order valence-electron chi connectivity index (χ4n) is 4.51. The summed E-state index contributed by atoms with van der Waals surface area (Å²) in [4.78, 5) is 33.4. The molecule has 33 heavy (non-hydrogen) atoms. The number of hydrogen-bond donors (Lipinski definition) is 0. The van der Waals surface area contributed by atoms with Crippen molar-refractivity contribution in [3.05, 3.63) is 54.1 Å². The number of ether oxygens (including phenoxy) is 2. The Kier molecular flexibility index (Phi) is 6.96. The number of carbonyl (C=O) groups excluding carboxylic acids is 2. The molecule has 0 saturated heterocycles. The molecule has 0 radical (unpaired) electrons. The predicted octanol–water partition coefficient (Wildman–Crippen LogP) is 4.74. The number of para-hydroxylation sites is 2. The predicted molar refractivity (Wildman–Crippen MR) is 127 cm³/mol. The van der Waals surface area contributed by atoms with E-state index in [9.17, 15) is 9.59 Å². The maximum Gasteiger partial charge on any atom is 0.321 e. The Bertz CT molecular complexity index is 1120. The van der Waals surface area contributed by atoms with E-state index in [2.05, 4.69) is 6.92 Å². The van der Waals surface area contributed by atoms with E-state index < -0.39 is 17.9 Å². The molecule has 1 amide bonds. The largest absolute Gasteiger partial charge is 0.494 e. The zero-order valence-electron chi connectivity index (χ0n) is 19.5. The molecule has 1 aliphatic rings. The number of amides is 1. The number of nitrogens with zero attached hydrogens (tertiary/aromatic N) is 3. The third-order valence-electron chi connectivity index (χ3n) is 6.00. The lowest BCUT2D eigenvalue weighted by molar-refractivity contribution is -0.153. The molecule has 3 aromatic rings. The number of anilines is 1. The van der Waals surface area contributed by atoms with Gasteiger partial charge in [-0.15, -0.1) is 0 Å². The van der Waals surface area contributed by atoms with Crippen LogP contribution in [0.1, 0.15) is 51.6 Å². The second kappa shape index (κ2) is 10.1. The highest BCUT2D eigenvalue weighted by Gasteiger charge is 2.47. The van der Waals surface area contributed by atoms with Gasteiger partial charge in [0.25, 0.3) is 0 Å². The molecular weight excluding hydrogens is 418 g/mol. The molecule has 0 fully saturated rings. The van der Waals surface area contributed by atoms with Gasteiger partial charge in [-0.1, -0.05) is 44.0 Å². The lowest BCUT2D eigenvalue weighted by Gasteiger charge is -2.38. The Morgan fingerprint density at radius 1 is 1.00 bits per heavy atom. The van der Waals surface area contributed by atoms with E-state index in [4.69, 9.17) is 14.5 Å². The van der Waals surface area contributed by atoms with Gasteiger partial charge in [0.05, 0.1) is 30.3 Å². The van der Waals surface area contributed by atoms with Gasteiger partial charge in [-0.25, -0.2) is 4.98 Å². The molecule has 0 unspecified atom stereocenters. The Hall–Kier alpha value is -3.35. The van der Waals surface area contributed by atoms with Crippen molar-refractivity contribution in [3.63, 3.8) is 0 Å². The van der Waals surface area contributed by atoms with Gasteiger partial charge in [0.2, 0.25) is 11.9 Å². The monoisotopic (exact) mass is 449 g/mol. The summed E-state index contributed by atoms with van der Waals surface area (Å²) in [6.07, 6.45) is 2.87. The lowest BCUT2D eigenvalue weighted by atomic mass is 9.89. The number of imidazole rings is 1. The molecular formula is C26H31N3O4. The maximum atomic E-state index is 13.8. The molecule has 1 aliphatic heterocycles. The fraction of sp³-hybridized carbons (Fsp3) is 0.423. The summed E-state index contributed by atoms with van der Waals surface area (Å²) in [7, 11) is 0. The van der Waals surface area contributed by atoms with Crippen LogP contribution in [0, 0.1) is 5.92 Å². The minimum Gasteiger partial charge on any atom is -0.494 e. The molecule has 2 heterocycles. The topological polar surface area (TPSA) is 73.7 Å². The summed E-state index contributed by atoms with van der Waals surface area (Å²) < 4.78 is 13.0. The highest BCUT2D eigenvalue weighted by Crippen LogP contribution is 2.41. The van der Waals surface area contributed by atoms with Crippen LogP contribution < -0.4 is 9.64 Å². The van der Waals surface area contributed by atoms with E-state index in [0.29, 0.717) is 19.1 Å². The quantitative estimate of drug-likeness (QED) is 0.268. The first kappa shape index (κ1) is 22.8. The van der Waals surface area contributed by atoms with Crippen LogP contribution in [0.2, 0.25) is 0 Å². The molecule has 0 N–H and O–H groups in total. The Labute approximate surface area is 194 Å². The van der Waals surface area contributed by atoms with Crippen molar-refractivity contribution in [3.8, 4) is 5.75 Å². The van der Waals surface area contributed by atoms with Crippen LogP contribution >= 0.6 is 0 Å². The van der Waals surface area contributed by atoms with E-state index in [1.54, 1.807) is 11.8 Å². The first-order chi connectivity index (χ1) is 16.1. The van der Waals surface area contributed by atoms with Crippen molar-refractivity contribution in [2.75, 3.05) is 24.7 Å². The molecule has 0 bridgehead atoms. The van der Waals surface area contributed by atoms with E-state index in [-0.39, 0.29) is 12.5 Å². The summed E-state index contributed by atoms with van der Waals surface area (Å²) in [5.41, 5.74) is 2.51. The van der Waals surface area contributed by atoms with Gasteiger partial charge in [-0.2, -0.15) is 0 Å². The average Bonchev–Trinajstić information content (AvgIpc) is 3.20. The minimum absolute atomic E-state index is 0.214. The third kappa shape index (κ3) is 4.32. The molecule has 0 spiro atoms. The third-order valence-corrected chi connectivity index (χ3v) is 6.00. The Morgan fingerprint density at radius 2 is 1.76 bits per heavy atom. The van der Waals surface area contributed by atoms with Crippen molar-refractivity contribution in [1.29, 1.82) is 0 Å². The van der Waals surface area contributed by atoms with Crippen molar-refractivity contribution in [1.82, 2.24) is 9.55 Å². The highest BCUT2D eigenvalue weighted by molar-refractivity contribution is 6.08. The summed E-state index contributed by atoms with van der Waals surface area (Å²) in [6.45, 7) is 7.11. The highest BCUT2D eigenvalue weighted by atomic mass is 16.5. The van der Waals surface area contributed by atoms with Crippen LogP contribution in [-0.2, 0) is 14.3 Å². The standard InChI is InChI=1S/C26H31N3O4/c1-4-7-10-17-28-24(30)22(25(31)33-6-3)23(18-13-15-19(16-14-18)32-5-2)29-21-12-9-8-11-20(21)27-26(28)29/h8-9,11-16,22-23H,4-7,10,17H2,1-3H3/t22-,23-/m0/s1. The van der Waals surface area contributed by atoms with Gasteiger partial charge < -0.3 is 14.0 Å². The molecule has 2 atom stereocenters. The zero-order valence-corrected chi connectivity index (χ0v) is 19.5. The fourth-order valence-corrected chi connectivity index (χ4v) is 4.51. The van der Waals surface area contributed by atoms with Gasteiger partial charge >= 0.3 is 5.97 Å². The van der Waals surface area contributed by atoms with E-state index in [1.807, 2.05) is 60.0 Å². The SMILES string of the molecule is CCCCCN1C(=O)[C@@H](C(=O)OCC)[C@H](c2ccc(OCC)cc2)n2c1nc1ccccc12. The van der Waals surface area contributed by atoms with Crippen LogP contribution in [0.4, 0.5) is 5.95 Å². The summed E-state index contributed by atoms with van der Waals surface area (Å²) >= 11 is 0. The number of esters is 1. The smallest absolute Gasteiger partial charge is 0.321 e. The molecule has 0 aliphatic carbocycles. The van der Waals surface area contributed by atoms with E-state index in [1.165, 1.54) is 0 Å². The number of carbonyl (C=O) groups is 2. The number of aromatic nitrogens is 2. The first-order valence-electron chi connectivity index (χ1n) is 11.8. The summed E-state index contributed by atoms with van der Waals surface area (Å²) in [5, 5.41) is 0. The first-order valence-corrected chi connectivity index (χ1v) is 11.8. The number of unbranched alkanes of at least 4 members (excludes halogenated alkanes) is 2. The number of benzene rings is 2. The summed E-state index contributed by atoms with van der Waals surface area (Å²) in [6, 6.07) is 14.8. The van der Waals surface area contributed by atoms with E-state index in [0.717, 1.165) is 41.6 Å². The molecule has 4 rings (SSSR count). The molecule has 1 aromatic heterocycles. The van der Waals surface area contributed by atoms with Gasteiger partial charge in [-0.3, -0.25) is 14.5 Å². The van der Waals surface area contributed by atoms with Gasteiger partial charge in [0.15, 0.2) is 5.92 Å². The van der Waals surface area contributed by atoms with Crippen molar-refractivity contribution in [2.45, 2.75) is 46.1 Å². The second-order valence-corrected chi connectivity index (χ2v) is 8.14. The van der Waals surface area contributed by atoms with Crippen LogP contribution in [0.25, 0.3) is 11.0 Å². The van der Waals surface area contributed by atoms with Crippen LogP contribution in [0.15, 0.2) is 48.5 Å². The maximum absolute atomic E-state index is 13.8. The number of fused-ring (bicyclic) bond motifs is 3. The van der Waals surface area contributed by atoms with Crippen LogP contribution in [-0.4, -0.2) is 41.2 Å². The average molecular weight is 450 g/mol. The Morgan fingerprint density at radius 3 is 2.45 bits per heavy atom. The molecule has 7 nitrogen and oxygen atoms in total. The summed E-state index contributed by atoms with van der Waals surface area (Å²) in [5.74, 6) is -0.434. The number of hydrogen-bond acceptors (Lipinski definition) is 5. The van der Waals surface area contributed by atoms with Gasteiger partial charge in [0.1, 0.15) is 5.75 Å².